The van der Waals surface area contributed by atoms with Crippen molar-refractivity contribution < 1.29 is 14.3 Å². The van der Waals surface area contributed by atoms with Crippen molar-refractivity contribution in [3.63, 3.8) is 0 Å². The lowest BCUT2D eigenvalue weighted by Gasteiger charge is -2.36. The minimum atomic E-state index is 0.266. The van der Waals surface area contributed by atoms with Crippen molar-refractivity contribution in [2.75, 3.05) is 14.2 Å². The molecule has 0 heterocycles. The zero-order valence-corrected chi connectivity index (χ0v) is 18.3. The van der Waals surface area contributed by atoms with Crippen molar-refractivity contribution in [1.82, 2.24) is 0 Å². The summed E-state index contributed by atoms with van der Waals surface area (Å²) in [6, 6.07) is 16.5. The zero-order valence-electron chi connectivity index (χ0n) is 18.3. The average Bonchev–Trinajstić information content (AvgIpc) is 2.70. The van der Waals surface area contributed by atoms with E-state index in [-0.39, 0.29) is 11.8 Å². The Morgan fingerprint density at radius 3 is 1.50 bits per heavy atom. The van der Waals surface area contributed by atoms with Gasteiger partial charge in [0.1, 0.15) is 17.3 Å². The lowest BCUT2D eigenvalue weighted by molar-refractivity contribution is -0.120. The monoisotopic (exact) mass is 406 g/mol. The molecule has 2 aromatic rings. The molecule has 0 amide bonds. The van der Waals surface area contributed by atoms with E-state index < -0.39 is 0 Å². The van der Waals surface area contributed by atoms with Crippen molar-refractivity contribution in [2.24, 2.45) is 11.8 Å². The third-order valence-corrected chi connectivity index (χ3v) is 7.41. The van der Waals surface area contributed by atoms with Crippen LogP contribution < -0.4 is 9.47 Å². The number of carbonyl (C=O) groups is 1. The maximum absolute atomic E-state index is 13.4. The number of hydrogen-bond donors (Lipinski definition) is 0. The Bertz CT molecular complexity index is 781. The molecular weight excluding hydrogens is 372 g/mol. The summed E-state index contributed by atoms with van der Waals surface area (Å²) in [5.41, 5.74) is 2.41. The van der Waals surface area contributed by atoms with Crippen LogP contribution >= 0.6 is 0 Å². The van der Waals surface area contributed by atoms with Gasteiger partial charge in [0.15, 0.2) is 0 Å². The van der Waals surface area contributed by atoms with Gasteiger partial charge in [-0.2, -0.15) is 0 Å². The first kappa shape index (κ1) is 21.0. The van der Waals surface area contributed by atoms with Gasteiger partial charge in [0.05, 0.1) is 14.2 Å². The van der Waals surface area contributed by atoms with Crippen LogP contribution in [0.15, 0.2) is 48.5 Å². The molecule has 0 spiro atoms. The molecule has 2 saturated carbocycles. The van der Waals surface area contributed by atoms with Gasteiger partial charge in [0.25, 0.3) is 0 Å². The first-order valence-corrected chi connectivity index (χ1v) is 11.5. The molecule has 0 N–H and O–H groups in total. The minimum absolute atomic E-state index is 0.266. The van der Waals surface area contributed by atoms with Gasteiger partial charge in [-0.1, -0.05) is 49.2 Å². The fourth-order valence-corrected chi connectivity index (χ4v) is 5.26. The van der Waals surface area contributed by atoms with Crippen molar-refractivity contribution in [3.05, 3.63) is 59.7 Å². The summed E-state index contributed by atoms with van der Waals surface area (Å²) < 4.78 is 11.3. The third kappa shape index (κ3) is 4.40. The van der Waals surface area contributed by atoms with Gasteiger partial charge in [-0.3, -0.25) is 4.79 Å². The maximum atomic E-state index is 13.4. The Kier molecular flexibility index (Phi) is 6.76. The molecule has 2 fully saturated rings. The highest BCUT2D eigenvalue weighted by Crippen LogP contribution is 2.47. The number of ketones is 1. The van der Waals surface area contributed by atoms with Gasteiger partial charge >= 0.3 is 0 Å². The maximum Gasteiger partial charge on any atom is 0.134 e. The summed E-state index contributed by atoms with van der Waals surface area (Å²) in [5.74, 6) is 3.94. The van der Waals surface area contributed by atoms with E-state index in [0.717, 1.165) is 11.5 Å². The summed E-state index contributed by atoms with van der Waals surface area (Å²) in [6.07, 6.45) is 8.64. The Hall–Kier alpha value is -2.29. The van der Waals surface area contributed by atoms with Crippen molar-refractivity contribution >= 4 is 5.78 Å². The standard InChI is InChI=1S/C27H34O3/c1-29-26-15-5-3-13-22(26)24(19-9-7-10-19)17-21(28)18-25(20-11-8-12-20)23-14-4-6-16-27(23)30-2/h3-6,13-16,19-20,24-25H,7-12,17-18H2,1-2H3/t24-,25-/m1/s1. The second-order valence-electron chi connectivity index (χ2n) is 9.03. The van der Waals surface area contributed by atoms with E-state index in [2.05, 4.69) is 24.3 Å². The van der Waals surface area contributed by atoms with Gasteiger partial charge in [-0.25, -0.2) is 0 Å². The minimum Gasteiger partial charge on any atom is -0.496 e. The van der Waals surface area contributed by atoms with Crippen LogP contribution in [0.4, 0.5) is 0 Å². The molecule has 2 aromatic carbocycles. The van der Waals surface area contributed by atoms with Crippen molar-refractivity contribution in [3.8, 4) is 11.5 Å². The van der Waals surface area contributed by atoms with Crippen molar-refractivity contribution in [2.45, 2.75) is 63.2 Å². The Labute approximate surface area is 180 Å². The lowest BCUT2D eigenvalue weighted by atomic mass is 9.68. The molecule has 0 aromatic heterocycles. The number of para-hydroxylation sites is 2. The highest BCUT2D eigenvalue weighted by atomic mass is 16.5. The van der Waals surface area contributed by atoms with Crippen LogP contribution in [0.2, 0.25) is 0 Å². The smallest absolute Gasteiger partial charge is 0.134 e. The van der Waals surface area contributed by atoms with Crippen LogP contribution in [0.1, 0.15) is 74.3 Å². The molecule has 2 aliphatic rings. The highest BCUT2D eigenvalue weighted by Gasteiger charge is 2.35. The third-order valence-electron chi connectivity index (χ3n) is 7.41. The molecule has 0 saturated heterocycles. The predicted molar refractivity (Wildman–Crippen MR) is 120 cm³/mol. The number of ether oxygens (including phenoxy) is 2. The number of Topliss-reactive ketones (excluding diaryl/α,β-unsaturated/α-hetero) is 1. The first-order valence-electron chi connectivity index (χ1n) is 11.5. The molecule has 30 heavy (non-hydrogen) atoms. The number of rotatable bonds is 10. The van der Waals surface area contributed by atoms with E-state index >= 15 is 0 Å². The molecule has 2 aliphatic carbocycles. The summed E-state index contributed by atoms with van der Waals surface area (Å²) in [5, 5.41) is 0. The summed E-state index contributed by atoms with van der Waals surface area (Å²) in [7, 11) is 3.46. The first-order chi connectivity index (χ1) is 14.7. The van der Waals surface area contributed by atoms with Crippen LogP contribution in [0.3, 0.4) is 0 Å². The number of hydrogen-bond acceptors (Lipinski definition) is 3. The number of carbonyl (C=O) groups excluding carboxylic acids is 1. The van der Waals surface area contributed by atoms with Gasteiger partial charge in [0, 0.05) is 12.8 Å². The molecule has 3 heteroatoms. The van der Waals surface area contributed by atoms with Crippen molar-refractivity contribution in [1.29, 1.82) is 0 Å². The van der Waals surface area contributed by atoms with E-state index in [1.807, 2.05) is 24.3 Å². The summed E-state index contributed by atoms with van der Waals surface area (Å²) >= 11 is 0. The largest absolute Gasteiger partial charge is 0.496 e. The van der Waals surface area contributed by atoms with E-state index in [1.165, 1.54) is 49.7 Å². The lowest BCUT2D eigenvalue weighted by Crippen LogP contribution is -2.26. The molecule has 0 bridgehead atoms. The molecule has 0 unspecified atom stereocenters. The highest BCUT2D eigenvalue weighted by molar-refractivity contribution is 5.80. The molecule has 0 radical (unpaired) electrons. The fraction of sp³-hybridized carbons (Fsp3) is 0.519. The fourth-order valence-electron chi connectivity index (χ4n) is 5.26. The van der Waals surface area contributed by atoms with Gasteiger partial charge in [-0.05, 0) is 72.6 Å². The van der Waals surface area contributed by atoms with Crippen LogP contribution in [0, 0.1) is 11.8 Å². The van der Waals surface area contributed by atoms with Crippen LogP contribution in [-0.2, 0) is 4.79 Å². The number of benzene rings is 2. The van der Waals surface area contributed by atoms with E-state index in [9.17, 15) is 4.79 Å². The topological polar surface area (TPSA) is 35.5 Å². The SMILES string of the molecule is COc1ccccc1[C@H](CC(=O)C[C@@H](c1ccccc1OC)C1CCC1)C1CCC1. The normalized spacial score (nSPS) is 18.7. The van der Waals surface area contributed by atoms with Crippen LogP contribution in [0.25, 0.3) is 0 Å². The molecule has 160 valence electrons. The molecule has 4 rings (SSSR count). The van der Waals surface area contributed by atoms with E-state index in [1.54, 1.807) is 14.2 Å². The summed E-state index contributed by atoms with van der Waals surface area (Å²) in [4.78, 5) is 13.4. The second kappa shape index (κ2) is 9.68. The molecule has 0 aliphatic heterocycles. The average molecular weight is 407 g/mol. The quantitative estimate of drug-likeness (QED) is 0.450. The summed E-state index contributed by atoms with van der Waals surface area (Å²) in [6.45, 7) is 0. The Morgan fingerprint density at radius 2 is 1.17 bits per heavy atom. The molecule has 2 atom stereocenters. The zero-order chi connectivity index (χ0) is 20.9. The predicted octanol–water partition coefficient (Wildman–Crippen LogP) is 6.52. The van der Waals surface area contributed by atoms with Crippen LogP contribution in [-0.4, -0.2) is 20.0 Å². The Balaban J connectivity index is 1.54. The molecule has 3 nitrogen and oxygen atoms in total. The number of methoxy groups -OCH3 is 2. The van der Waals surface area contributed by atoms with E-state index in [0.29, 0.717) is 30.5 Å². The second-order valence-corrected chi connectivity index (χ2v) is 9.03. The Morgan fingerprint density at radius 1 is 0.767 bits per heavy atom. The van der Waals surface area contributed by atoms with Crippen LogP contribution in [0.5, 0.6) is 11.5 Å². The van der Waals surface area contributed by atoms with Gasteiger partial charge < -0.3 is 9.47 Å². The molecular formula is C27H34O3. The van der Waals surface area contributed by atoms with Gasteiger partial charge in [0.2, 0.25) is 0 Å². The van der Waals surface area contributed by atoms with Gasteiger partial charge in [-0.15, -0.1) is 0 Å². The van der Waals surface area contributed by atoms with E-state index in [4.69, 9.17) is 9.47 Å².